The molecule has 1 saturated heterocycles. The van der Waals surface area contributed by atoms with E-state index < -0.39 is 16.6 Å². The first-order valence-electron chi connectivity index (χ1n) is 18.0. The summed E-state index contributed by atoms with van der Waals surface area (Å²) in [7, 11) is 10.3. The summed E-state index contributed by atoms with van der Waals surface area (Å²) in [4.78, 5) is 44.0. The van der Waals surface area contributed by atoms with Crippen LogP contribution in [0.2, 0.25) is 0 Å². The molecule has 0 radical (unpaired) electrons. The summed E-state index contributed by atoms with van der Waals surface area (Å²) in [6.45, 7) is 19.3. The minimum atomic E-state index is -1.30. The lowest BCUT2D eigenvalue weighted by Crippen LogP contribution is -2.02. The molecule has 0 aromatic heterocycles. The quantitative estimate of drug-likeness (QED) is 0.0451. The summed E-state index contributed by atoms with van der Waals surface area (Å²) >= 11 is 3.17. The van der Waals surface area contributed by atoms with Crippen LogP contribution in [0, 0.1) is 20.9 Å². The zero-order chi connectivity index (χ0) is 44.1. The summed E-state index contributed by atoms with van der Waals surface area (Å²) in [6.07, 6.45) is 12.2. The summed E-state index contributed by atoms with van der Waals surface area (Å²) in [5.74, 6) is -1.18. The number of ketones is 1. The van der Waals surface area contributed by atoms with Gasteiger partial charge in [0.05, 0.1) is 4.92 Å². The van der Waals surface area contributed by atoms with E-state index in [0.29, 0.717) is 26.4 Å². The highest BCUT2D eigenvalue weighted by Crippen LogP contribution is 2.38. The summed E-state index contributed by atoms with van der Waals surface area (Å²) in [6, 6.07) is 12.0. The maximum Gasteiger partial charge on any atom is 0.342 e. The normalized spacial score (nSPS) is 14.3. The van der Waals surface area contributed by atoms with Crippen LogP contribution in [0.1, 0.15) is 125 Å². The van der Waals surface area contributed by atoms with Crippen LogP contribution >= 0.6 is 88.3 Å². The van der Waals surface area contributed by atoms with E-state index in [1.54, 1.807) is 54.7 Å². The van der Waals surface area contributed by atoms with Crippen molar-refractivity contribution in [1.82, 2.24) is 0 Å². The molecule has 4 atom stereocenters. The maximum atomic E-state index is 11.0. The standard InChI is InChI=1S/C13H16N2O4S2.C11H14OS2.C7H15NS2.C6H10S.C3H6OS/c1-8(14)3-4-9(2)20-21-10-5-6-12(15(18)19)11(7-10)13(16)17;1-8(12)10-4-6-11(7-5-10)9(2)14-13-3;1-6(8)4-5-7(2)10-9-3;1-5-3-4-6(2)7-5;1-3(4)5-2/h5-7,9,14H,3-4H2,1-2H3,(H,16,17);4-7,9H,1-3H3;7-8H,4-5H2,1-3H3;6H,1,3-4H2,2H3;1-2H3. The van der Waals surface area contributed by atoms with Crippen molar-refractivity contribution in [1.29, 1.82) is 10.8 Å². The number of aromatic carboxylic acids is 1. The third-order valence-corrected chi connectivity index (χ3v) is 16.6. The first-order valence-corrected chi connectivity index (χ1v) is 27.6. The van der Waals surface area contributed by atoms with Crippen LogP contribution in [0.15, 0.2) is 58.8 Å². The number of nitrogens with zero attached hydrogens (tertiary/aromatic N) is 1. The van der Waals surface area contributed by atoms with Crippen LogP contribution in [-0.2, 0) is 4.79 Å². The molecule has 1 aliphatic heterocycles. The Morgan fingerprint density at radius 3 is 1.75 bits per heavy atom. The zero-order valence-corrected chi connectivity index (χ0v) is 41.5. The summed E-state index contributed by atoms with van der Waals surface area (Å²) in [5, 5.41) is 36.8. The van der Waals surface area contributed by atoms with E-state index in [-0.39, 0.29) is 16.5 Å². The van der Waals surface area contributed by atoms with Crippen LogP contribution in [0.25, 0.3) is 0 Å². The Labute approximate surface area is 374 Å². The Morgan fingerprint density at radius 1 is 0.895 bits per heavy atom. The first kappa shape index (κ1) is 57.6. The van der Waals surface area contributed by atoms with Gasteiger partial charge >= 0.3 is 5.97 Å². The molecule has 0 amide bonds. The number of allylic oxidation sites excluding steroid dienone is 1. The van der Waals surface area contributed by atoms with Crippen molar-refractivity contribution in [2.75, 3.05) is 18.8 Å². The third-order valence-electron chi connectivity index (χ3n) is 7.33. The SMILES string of the molecule is C=C1CCC(C)S1.CC(=N)CCC(C)SSc1ccc([N+](=O)[O-])c(C(=O)O)c1.CSC(C)=O.CSSC(C)CCC(C)=N.CSSC(C)c1ccc(C(C)=O)cc1. The molecule has 1 aliphatic rings. The number of nitro benzene ring substituents is 1. The van der Waals surface area contributed by atoms with Crippen molar-refractivity contribution < 1.29 is 24.4 Å². The van der Waals surface area contributed by atoms with Crippen LogP contribution in [0.4, 0.5) is 5.69 Å². The highest BCUT2D eigenvalue weighted by molar-refractivity contribution is 8.77. The third kappa shape index (κ3) is 31.1. The van der Waals surface area contributed by atoms with Gasteiger partial charge < -0.3 is 15.9 Å². The molecule has 1 fully saturated rings. The fourth-order valence-corrected chi connectivity index (χ4v) is 10.9. The second-order valence-electron chi connectivity index (χ2n) is 12.7. The summed E-state index contributed by atoms with van der Waals surface area (Å²) in [5.41, 5.74) is 2.80. The fourth-order valence-electron chi connectivity index (χ4n) is 4.09. The molecule has 4 unspecified atom stereocenters. The Morgan fingerprint density at radius 2 is 1.40 bits per heavy atom. The molecule has 57 heavy (non-hydrogen) atoms. The van der Waals surface area contributed by atoms with E-state index in [1.807, 2.05) is 82.3 Å². The van der Waals surface area contributed by atoms with Gasteiger partial charge in [-0.05, 0) is 108 Å². The predicted molar refractivity (Wildman–Crippen MR) is 264 cm³/mol. The van der Waals surface area contributed by atoms with Gasteiger partial charge in [-0.2, -0.15) is 0 Å². The van der Waals surface area contributed by atoms with Crippen molar-refractivity contribution in [2.24, 2.45) is 0 Å². The number of nitro groups is 1. The number of rotatable bonds is 17. The van der Waals surface area contributed by atoms with Gasteiger partial charge in [0, 0.05) is 55.9 Å². The smallest absolute Gasteiger partial charge is 0.342 e. The first-order chi connectivity index (χ1) is 26.7. The average molecular weight is 936 g/mol. The molecule has 9 nitrogen and oxygen atoms in total. The molecule has 1 heterocycles. The number of carbonyl (C=O) groups excluding carboxylic acids is 2. The minimum Gasteiger partial charge on any atom is -0.477 e. The van der Waals surface area contributed by atoms with E-state index in [2.05, 4.69) is 39.9 Å². The largest absolute Gasteiger partial charge is 0.477 e. The van der Waals surface area contributed by atoms with Gasteiger partial charge in [-0.3, -0.25) is 19.7 Å². The predicted octanol–water partition coefficient (Wildman–Crippen LogP) is 14.7. The van der Waals surface area contributed by atoms with Crippen molar-refractivity contribution in [2.45, 2.75) is 120 Å². The molecule has 0 bridgehead atoms. The van der Waals surface area contributed by atoms with Gasteiger partial charge in [0.15, 0.2) is 10.9 Å². The zero-order valence-electron chi connectivity index (χ0n) is 35.0. The van der Waals surface area contributed by atoms with Gasteiger partial charge in [-0.1, -0.05) is 128 Å². The Kier molecular flexibility index (Phi) is 34.6. The Bertz CT molecular complexity index is 1560. The van der Waals surface area contributed by atoms with Gasteiger partial charge in [-0.15, -0.1) is 11.8 Å². The fraction of sp³-hybridized carbons (Fsp3) is 0.525. The van der Waals surface area contributed by atoms with E-state index in [9.17, 15) is 24.5 Å². The van der Waals surface area contributed by atoms with Crippen LogP contribution in [-0.4, -0.2) is 72.8 Å². The van der Waals surface area contributed by atoms with Crippen molar-refractivity contribution in [3.63, 3.8) is 0 Å². The number of hydrogen-bond donors (Lipinski definition) is 3. The number of thioether (sulfide) groups is 2. The molecule has 320 valence electrons. The summed E-state index contributed by atoms with van der Waals surface area (Å²) < 4.78 is 0. The van der Waals surface area contributed by atoms with Crippen LogP contribution in [0.5, 0.6) is 0 Å². The lowest BCUT2D eigenvalue weighted by molar-refractivity contribution is -0.385. The average Bonchev–Trinajstić information content (AvgIpc) is 3.54. The van der Waals surface area contributed by atoms with E-state index in [1.165, 1.54) is 58.0 Å². The second-order valence-corrected chi connectivity index (χ2v) is 23.8. The van der Waals surface area contributed by atoms with Crippen molar-refractivity contribution >= 4 is 122 Å². The van der Waals surface area contributed by atoms with Crippen molar-refractivity contribution in [3.8, 4) is 0 Å². The molecule has 2 aromatic carbocycles. The molecule has 3 rings (SSSR count). The monoisotopic (exact) mass is 935 g/mol. The van der Waals surface area contributed by atoms with Gasteiger partial charge in [0.1, 0.15) is 5.56 Å². The Hall–Kier alpha value is -1.47. The number of carboxylic acids is 1. The minimum absolute atomic E-state index is 0.127. The van der Waals surface area contributed by atoms with Crippen molar-refractivity contribution in [3.05, 3.63) is 80.8 Å². The molecule has 17 heteroatoms. The molecule has 0 saturated carbocycles. The molecular formula is C40H61N3O6S8. The number of hydrogen-bond acceptors (Lipinski definition) is 15. The number of Topliss-reactive ketones (excluding diaryl/α,β-unsaturated/α-hetero) is 1. The van der Waals surface area contributed by atoms with Crippen LogP contribution < -0.4 is 0 Å². The Balaban J connectivity index is 0. The number of carbonyl (C=O) groups is 3. The van der Waals surface area contributed by atoms with E-state index in [0.717, 1.165) is 42.2 Å². The molecule has 2 aromatic rings. The highest BCUT2D eigenvalue weighted by atomic mass is 33.1. The van der Waals surface area contributed by atoms with E-state index >= 15 is 0 Å². The number of benzene rings is 2. The van der Waals surface area contributed by atoms with E-state index in [4.69, 9.17) is 15.9 Å². The van der Waals surface area contributed by atoms with Gasteiger partial charge in [0.25, 0.3) is 5.69 Å². The molecule has 0 spiro atoms. The second kappa shape index (κ2) is 34.3. The lowest BCUT2D eigenvalue weighted by atomic mass is 10.1. The molecule has 3 N–H and O–H groups in total. The lowest BCUT2D eigenvalue weighted by Gasteiger charge is -2.10. The van der Waals surface area contributed by atoms with Gasteiger partial charge in [-0.25, -0.2) is 4.79 Å². The number of nitrogens with one attached hydrogen (secondary N) is 2. The van der Waals surface area contributed by atoms with Crippen LogP contribution in [0.3, 0.4) is 0 Å². The molecular weight excluding hydrogens is 875 g/mol. The topological polar surface area (TPSA) is 162 Å². The number of carboxylic acid groups (broad SMARTS) is 1. The van der Waals surface area contributed by atoms with Gasteiger partial charge in [0.2, 0.25) is 0 Å². The highest BCUT2D eigenvalue weighted by Gasteiger charge is 2.20. The maximum absolute atomic E-state index is 11.0. The molecule has 0 aliphatic carbocycles.